The van der Waals surface area contributed by atoms with Gasteiger partial charge in [-0.2, -0.15) is 0 Å². The average molecular weight is 295 g/mol. The van der Waals surface area contributed by atoms with Crippen LogP contribution in [0.2, 0.25) is 0 Å². The SMILES string of the molecule is CC(C)c1ccc(Cn2cc(Br)c(=O)[nH]2)cc1. The molecule has 1 N–H and O–H groups in total. The molecule has 2 aromatic rings. The van der Waals surface area contributed by atoms with E-state index >= 15 is 0 Å². The second-order valence-electron chi connectivity index (χ2n) is 4.44. The van der Waals surface area contributed by atoms with Crippen molar-refractivity contribution in [3.63, 3.8) is 0 Å². The van der Waals surface area contributed by atoms with E-state index in [9.17, 15) is 4.79 Å². The molecule has 0 bridgehead atoms. The summed E-state index contributed by atoms with van der Waals surface area (Å²) in [5, 5.41) is 2.74. The molecule has 0 amide bonds. The van der Waals surface area contributed by atoms with Crippen molar-refractivity contribution in [2.75, 3.05) is 0 Å². The van der Waals surface area contributed by atoms with E-state index in [0.29, 0.717) is 16.9 Å². The number of hydrogen-bond acceptors (Lipinski definition) is 1. The van der Waals surface area contributed by atoms with Crippen molar-refractivity contribution in [2.24, 2.45) is 0 Å². The third kappa shape index (κ3) is 2.88. The molecule has 90 valence electrons. The number of halogens is 1. The number of nitrogens with one attached hydrogen (secondary N) is 1. The lowest BCUT2D eigenvalue weighted by molar-refractivity contribution is 0.678. The van der Waals surface area contributed by atoms with Gasteiger partial charge in [-0.15, -0.1) is 0 Å². The van der Waals surface area contributed by atoms with E-state index in [1.165, 1.54) is 11.1 Å². The first-order valence-electron chi connectivity index (χ1n) is 5.60. The van der Waals surface area contributed by atoms with E-state index < -0.39 is 0 Å². The van der Waals surface area contributed by atoms with E-state index in [-0.39, 0.29) is 5.56 Å². The van der Waals surface area contributed by atoms with Gasteiger partial charge in [0.2, 0.25) is 0 Å². The van der Waals surface area contributed by atoms with Gasteiger partial charge in [0, 0.05) is 6.20 Å². The van der Waals surface area contributed by atoms with Crippen molar-refractivity contribution in [1.29, 1.82) is 0 Å². The minimum atomic E-state index is -0.0937. The van der Waals surface area contributed by atoms with Crippen molar-refractivity contribution in [3.8, 4) is 0 Å². The summed E-state index contributed by atoms with van der Waals surface area (Å²) in [6, 6.07) is 8.47. The number of rotatable bonds is 3. The van der Waals surface area contributed by atoms with Gasteiger partial charge in [-0.1, -0.05) is 38.1 Å². The number of aromatic amines is 1. The fraction of sp³-hybridized carbons (Fsp3) is 0.308. The average Bonchev–Trinajstić information content (AvgIpc) is 2.58. The van der Waals surface area contributed by atoms with Crippen LogP contribution in [0.1, 0.15) is 30.9 Å². The van der Waals surface area contributed by atoms with Gasteiger partial charge >= 0.3 is 0 Å². The minimum absolute atomic E-state index is 0.0937. The first kappa shape index (κ1) is 12.2. The topological polar surface area (TPSA) is 37.8 Å². The lowest BCUT2D eigenvalue weighted by Crippen LogP contribution is -2.06. The van der Waals surface area contributed by atoms with Crippen molar-refractivity contribution in [3.05, 3.63) is 56.4 Å². The highest BCUT2D eigenvalue weighted by atomic mass is 79.9. The molecule has 0 saturated carbocycles. The zero-order valence-electron chi connectivity index (χ0n) is 9.90. The van der Waals surface area contributed by atoms with E-state index in [4.69, 9.17) is 0 Å². The molecule has 0 aliphatic heterocycles. The Kier molecular flexibility index (Phi) is 3.52. The van der Waals surface area contributed by atoms with Crippen LogP contribution in [-0.4, -0.2) is 9.78 Å². The molecule has 2 rings (SSSR count). The van der Waals surface area contributed by atoms with Crippen LogP contribution >= 0.6 is 15.9 Å². The van der Waals surface area contributed by atoms with Crippen LogP contribution in [0, 0.1) is 0 Å². The van der Waals surface area contributed by atoms with Gasteiger partial charge in [-0.05, 0) is 33.0 Å². The Hall–Kier alpha value is -1.29. The fourth-order valence-corrected chi connectivity index (χ4v) is 2.04. The molecule has 0 radical (unpaired) electrons. The Balaban J connectivity index is 2.16. The van der Waals surface area contributed by atoms with Crippen LogP contribution in [0.5, 0.6) is 0 Å². The summed E-state index contributed by atoms with van der Waals surface area (Å²) in [7, 11) is 0. The molecule has 0 spiro atoms. The molecule has 1 aromatic carbocycles. The molecular formula is C13H15BrN2O. The van der Waals surface area contributed by atoms with Crippen LogP contribution in [0.15, 0.2) is 39.7 Å². The lowest BCUT2D eigenvalue weighted by atomic mass is 10.0. The Morgan fingerprint density at radius 3 is 2.41 bits per heavy atom. The van der Waals surface area contributed by atoms with Crippen LogP contribution in [-0.2, 0) is 6.54 Å². The van der Waals surface area contributed by atoms with Crippen molar-refractivity contribution in [1.82, 2.24) is 9.78 Å². The van der Waals surface area contributed by atoms with E-state index in [0.717, 1.165) is 0 Å². The molecule has 4 heteroatoms. The summed E-state index contributed by atoms with van der Waals surface area (Å²) < 4.78 is 2.34. The Morgan fingerprint density at radius 1 is 1.29 bits per heavy atom. The Morgan fingerprint density at radius 2 is 1.94 bits per heavy atom. The van der Waals surface area contributed by atoms with Crippen molar-refractivity contribution < 1.29 is 0 Å². The maximum atomic E-state index is 11.3. The molecule has 17 heavy (non-hydrogen) atoms. The van der Waals surface area contributed by atoms with Gasteiger partial charge in [0.15, 0.2) is 0 Å². The normalized spacial score (nSPS) is 11.1. The summed E-state index contributed by atoms with van der Waals surface area (Å²) in [5.74, 6) is 0.546. The Bertz CT molecular complexity index is 552. The number of nitrogens with zero attached hydrogens (tertiary/aromatic N) is 1. The van der Waals surface area contributed by atoms with Gasteiger partial charge in [-0.3, -0.25) is 14.6 Å². The fourth-order valence-electron chi connectivity index (χ4n) is 1.70. The largest absolute Gasteiger partial charge is 0.287 e. The molecule has 0 aliphatic carbocycles. The van der Waals surface area contributed by atoms with Crippen LogP contribution in [0.25, 0.3) is 0 Å². The van der Waals surface area contributed by atoms with Crippen molar-refractivity contribution >= 4 is 15.9 Å². The molecule has 0 fully saturated rings. The van der Waals surface area contributed by atoms with Gasteiger partial charge in [0.1, 0.15) is 4.47 Å². The first-order chi connectivity index (χ1) is 8.06. The van der Waals surface area contributed by atoms with Crippen molar-refractivity contribution in [2.45, 2.75) is 26.3 Å². The molecule has 1 heterocycles. The van der Waals surface area contributed by atoms with Crippen LogP contribution in [0.4, 0.5) is 0 Å². The zero-order chi connectivity index (χ0) is 12.4. The van der Waals surface area contributed by atoms with E-state index in [1.54, 1.807) is 10.9 Å². The number of hydrogen-bond donors (Lipinski definition) is 1. The summed E-state index contributed by atoms with van der Waals surface area (Å²) in [4.78, 5) is 11.3. The van der Waals surface area contributed by atoms with Gasteiger partial charge in [0.05, 0.1) is 6.54 Å². The van der Waals surface area contributed by atoms with Gasteiger partial charge in [-0.25, -0.2) is 0 Å². The smallest absolute Gasteiger partial charge is 0.278 e. The minimum Gasteiger partial charge on any atom is -0.287 e. The highest BCUT2D eigenvalue weighted by Crippen LogP contribution is 2.15. The molecule has 0 unspecified atom stereocenters. The second kappa shape index (κ2) is 4.92. The molecule has 3 nitrogen and oxygen atoms in total. The summed E-state index contributed by atoms with van der Waals surface area (Å²) in [6.07, 6.45) is 1.76. The molecule has 0 atom stereocenters. The van der Waals surface area contributed by atoms with Crippen LogP contribution in [0.3, 0.4) is 0 Å². The Labute approximate surface area is 109 Å². The van der Waals surface area contributed by atoms with Gasteiger partial charge < -0.3 is 0 Å². The van der Waals surface area contributed by atoms with E-state index in [1.807, 2.05) is 0 Å². The monoisotopic (exact) mass is 294 g/mol. The highest BCUT2D eigenvalue weighted by molar-refractivity contribution is 9.10. The zero-order valence-corrected chi connectivity index (χ0v) is 11.5. The third-order valence-corrected chi connectivity index (χ3v) is 3.30. The summed E-state index contributed by atoms with van der Waals surface area (Å²) >= 11 is 3.20. The first-order valence-corrected chi connectivity index (χ1v) is 6.39. The standard InChI is InChI=1S/C13H15BrN2O/c1-9(2)11-5-3-10(4-6-11)7-16-8-12(14)13(17)15-16/h3-6,8-9H,7H2,1-2H3,(H,15,17). The predicted molar refractivity (Wildman–Crippen MR) is 72.4 cm³/mol. The number of aromatic nitrogens is 2. The quantitative estimate of drug-likeness (QED) is 0.928. The van der Waals surface area contributed by atoms with Crippen LogP contribution < -0.4 is 5.56 Å². The molecule has 1 aromatic heterocycles. The molecule has 0 aliphatic rings. The third-order valence-electron chi connectivity index (χ3n) is 2.73. The second-order valence-corrected chi connectivity index (χ2v) is 5.30. The highest BCUT2D eigenvalue weighted by Gasteiger charge is 2.02. The number of benzene rings is 1. The molecular weight excluding hydrogens is 280 g/mol. The van der Waals surface area contributed by atoms with E-state index in [2.05, 4.69) is 59.1 Å². The predicted octanol–water partition coefficient (Wildman–Crippen LogP) is 3.11. The maximum Gasteiger partial charge on any atom is 0.278 e. The maximum absolute atomic E-state index is 11.3. The van der Waals surface area contributed by atoms with Gasteiger partial charge in [0.25, 0.3) is 5.56 Å². The summed E-state index contributed by atoms with van der Waals surface area (Å²) in [6.45, 7) is 5.03. The lowest BCUT2D eigenvalue weighted by Gasteiger charge is -2.07. The molecule has 0 saturated heterocycles. The number of H-pyrrole nitrogens is 1. The summed E-state index contributed by atoms with van der Waals surface area (Å²) in [5.41, 5.74) is 2.41.